The molecule has 0 bridgehead atoms. The highest BCUT2D eigenvalue weighted by atomic mass is 79.9. The molecule has 0 aliphatic carbocycles. The predicted molar refractivity (Wildman–Crippen MR) is 121 cm³/mol. The lowest BCUT2D eigenvalue weighted by Gasteiger charge is -2.12. The molecule has 0 aliphatic rings. The molecule has 4 rings (SSSR count). The average molecular weight is 518 g/mol. The molecule has 28 heavy (non-hydrogen) atoms. The van der Waals surface area contributed by atoms with Crippen molar-refractivity contribution in [1.29, 1.82) is 0 Å². The number of rotatable bonds is 4. The molecule has 140 valence electrons. The van der Waals surface area contributed by atoms with E-state index in [0.717, 1.165) is 29.7 Å². The number of halogens is 2. The molecule has 0 saturated heterocycles. The fourth-order valence-corrected chi connectivity index (χ4v) is 4.56. The Kier molecular flexibility index (Phi) is 5.48. The number of nitrogens with one attached hydrogen (secondary N) is 1. The van der Waals surface area contributed by atoms with Crippen molar-refractivity contribution in [2.75, 3.05) is 12.4 Å². The lowest BCUT2D eigenvalue weighted by Crippen LogP contribution is -2.14. The maximum atomic E-state index is 12.9. The van der Waals surface area contributed by atoms with E-state index < -0.39 is 0 Å². The van der Waals surface area contributed by atoms with E-state index >= 15 is 0 Å². The van der Waals surface area contributed by atoms with Crippen molar-refractivity contribution in [2.45, 2.75) is 0 Å². The highest BCUT2D eigenvalue weighted by Gasteiger charge is 2.17. The molecule has 0 unspecified atom stereocenters. The van der Waals surface area contributed by atoms with Crippen molar-refractivity contribution in [1.82, 2.24) is 4.98 Å². The first-order valence-corrected chi connectivity index (χ1v) is 10.8. The van der Waals surface area contributed by atoms with Crippen LogP contribution in [0.4, 0.5) is 5.69 Å². The van der Waals surface area contributed by atoms with Crippen LogP contribution in [-0.2, 0) is 0 Å². The standard InChI is InChI=1S/C21H14Br2N2O2S/c1-27-18-9-7-13(23)11-15(18)20(26)24-16-8-6-12(22)10-14(16)21-25-17-4-2-3-5-19(17)28-21/h2-11H,1H3,(H,24,26). The first-order valence-electron chi connectivity index (χ1n) is 8.35. The van der Waals surface area contributed by atoms with Crippen LogP contribution in [0.2, 0.25) is 0 Å². The van der Waals surface area contributed by atoms with E-state index in [0.29, 0.717) is 17.0 Å². The summed E-state index contributed by atoms with van der Waals surface area (Å²) in [6, 6.07) is 19.0. The van der Waals surface area contributed by atoms with Gasteiger partial charge < -0.3 is 10.1 Å². The summed E-state index contributed by atoms with van der Waals surface area (Å²) in [4.78, 5) is 17.7. The second kappa shape index (κ2) is 8.03. The van der Waals surface area contributed by atoms with Gasteiger partial charge in [-0.25, -0.2) is 4.98 Å². The number of fused-ring (bicyclic) bond motifs is 1. The van der Waals surface area contributed by atoms with Crippen LogP contribution in [0.3, 0.4) is 0 Å². The summed E-state index contributed by atoms with van der Waals surface area (Å²) in [6.45, 7) is 0. The van der Waals surface area contributed by atoms with Crippen LogP contribution in [-0.4, -0.2) is 18.0 Å². The van der Waals surface area contributed by atoms with Gasteiger partial charge in [0.1, 0.15) is 10.8 Å². The third-order valence-corrected chi connectivity index (χ3v) is 6.22. The van der Waals surface area contributed by atoms with Gasteiger partial charge in [-0.1, -0.05) is 44.0 Å². The Labute approximate surface area is 182 Å². The fraction of sp³-hybridized carbons (Fsp3) is 0.0476. The Morgan fingerprint density at radius 3 is 2.57 bits per heavy atom. The number of nitrogens with zero attached hydrogens (tertiary/aromatic N) is 1. The Hall–Kier alpha value is -2.22. The van der Waals surface area contributed by atoms with Crippen LogP contribution in [0.15, 0.2) is 69.6 Å². The molecule has 1 amide bonds. The molecule has 0 aliphatic heterocycles. The lowest BCUT2D eigenvalue weighted by atomic mass is 10.1. The molecule has 0 saturated carbocycles. The van der Waals surface area contributed by atoms with E-state index in [1.165, 1.54) is 0 Å². The van der Waals surface area contributed by atoms with Crippen molar-refractivity contribution in [2.24, 2.45) is 0 Å². The molecular formula is C21H14Br2N2O2S. The molecular weight excluding hydrogens is 504 g/mol. The van der Waals surface area contributed by atoms with Crippen molar-refractivity contribution < 1.29 is 9.53 Å². The van der Waals surface area contributed by atoms with Gasteiger partial charge in [-0.15, -0.1) is 11.3 Å². The zero-order valence-electron chi connectivity index (χ0n) is 14.7. The number of carbonyl (C=O) groups is 1. The number of aromatic nitrogens is 1. The van der Waals surface area contributed by atoms with E-state index in [1.807, 2.05) is 48.5 Å². The number of methoxy groups -OCH3 is 1. The van der Waals surface area contributed by atoms with Crippen LogP contribution in [0, 0.1) is 0 Å². The summed E-state index contributed by atoms with van der Waals surface area (Å²) < 4.78 is 8.16. The van der Waals surface area contributed by atoms with Crippen molar-refractivity contribution in [3.63, 3.8) is 0 Å². The number of hydrogen-bond donors (Lipinski definition) is 1. The summed E-state index contributed by atoms with van der Waals surface area (Å²) >= 11 is 8.52. The van der Waals surface area contributed by atoms with E-state index in [2.05, 4.69) is 37.2 Å². The summed E-state index contributed by atoms with van der Waals surface area (Å²) in [5.41, 5.74) is 2.94. The molecule has 4 aromatic rings. The number of benzene rings is 3. The van der Waals surface area contributed by atoms with Gasteiger partial charge in [0.05, 0.1) is 28.6 Å². The molecule has 1 heterocycles. The molecule has 1 aromatic heterocycles. The van der Waals surface area contributed by atoms with Gasteiger partial charge in [-0.2, -0.15) is 0 Å². The number of ether oxygens (including phenoxy) is 1. The van der Waals surface area contributed by atoms with Gasteiger partial charge in [0.15, 0.2) is 0 Å². The number of thiazole rings is 1. The van der Waals surface area contributed by atoms with E-state index in [9.17, 15) is 4.79 Å². The molecule has 0 radical (unpaired) electrons. The fourth-order valence-electron chi connectivity index (χ4n) is 2.84. The highest BCUT2D eigenvalue weighted by molar-refractivity contribution is 9.10. The summed E-state index contributed by atoms with van der Waals surface area (Å²) in [5.74, 6) is 0.266. The van der Waals surface area contributed by atoms with E-state index in [-0.39, 0.29) is 5.91 Å². The van der Waals surface area contributed by atoms with Crippen molar-refractivity contribution in [3.05, 3.63) is 75.2 Å². The number of amides is 1. The largest absolute Gasteiger partial charge is 0.496 e. The summed E-state index contributed by atoms with van der Waals surface area (Å²) in [6.07, 6.45) is 0. The minimum atomic E-state index is -0.247. The second-order valence-electron chi connectivity index (χ2n) is 5.98. The third kappa shape index (κ3) is 3.83. The quantitative estimate of drug-likeness (QED) is 0.325. The van der Waals surface area contributed by atoms with Gasteiger partial charge in [0.2, 0.25) is 0 Å². The molecule has 4 nitrogen and oxygen atoms in total. The number of anilines is 1. The Morgan fingerprint density at radius 2 is 1.79 bits per heavy atom. The van der Waals surface area contributed by atoms with Gasteiger partial charge in [-0.3, -0.25) is 4.79 Å². The first kappa shape index (κ1) is 19.1. The van der Waals surface area contributed by atoms with Gasteiger partial charge in [0, 0.05) is 14.5 Å². The van der Waals surface area contributed by atoms with E-state index in [1.54, 1.807) is 30.6 Å². The molecule has 7 heteroatoms. The third-order valence-electron chi connectivity index (χ3n) is 4.16. The highest BCUT2D eigenvalue weighted by Crippen LogP contribution is 2.36. The molecule has 1 N–H and O–H groups in total. The Bertz CT molecular complexity index is 1160. The van der Waals surface area contributed by atoms with Crippen LogP contribution >= 0.6 is 43.2 Å². The predicted octanol–water partition coefficient (Wildman–Crippen LogP) is 6.75. The molecule has 3 aromatic carbocycles. The van der Waals surface area contributed by atoms with Crippen LogP contribution in [0.25, 0.3) is 20.8 Å². The number of hydrogen-bond acceptors (Lipinski definition) is 4. The molecule has 0 atom stereocenters. The first-order chi connectivity index (χ1) is 13.5. The number of carbonyl (C=O) groups excluding carboxylic acids is 1. The summed E-state index contributed by atoms with van der Waals surface area (Å²) in [7, 11) is 1.55. The summed E-state index contributed by atoms with van der Waals surface area (Å²) in [5, 5.41) is 3.85. The SMILES string of the molecule is COc1ccc(Br)cc1C(=O)Nc1ccc(Br)cc1-c1nc2ccccc2s1. The zero-order valence-corrected chi connectivity index (χ0v) is 18.7. The lowest BCUT2D eigenvalue weighted by molar-refractivity contribution is 0.102. The Morgan fingerprint density at radius 1 is 1.04 bits per heavy atom. The maximum Gasteiger partial charge on any atom is 0.259 e. The Balaban J connectivity index is 1.75. The normalized spacial score (nSPS) is 10.8. The van der Waals surface area contributed by atoms with Crippen molar-refractivity contribution >= 4 is 65.0 Å². The van der Waals surface area contributed by atoms with E-state index in [4.69, 9.17) is 9.72 Å². The minimum absolute atomic E-state index is 0.247. The monoisotopic (exact) mass is 516 g/mol. The van der Waals surface area contributed by atoms with Crippen LogP contribution < -0.4 is 10.1 Å². The average Bonchev–Trinajstić information content (AvgIpc) is 3.13. The maximum absolute atomic E-state index is 12.9. The zero-order chi connectivity index (χ0) is 19.7. The smallest absolute Gasteiger partial charge is 0.259 e. The van der Waals surface area contributed by atoms with Gasteiger partial charge in [-0.05, 0) is 48.5 Å². The van der Waals surface area contributed by atoms with Crippen molar-refractivity contribution in [3.8, 4) is 16.3 Å². The minimum Gasteiger partial charge on any atom is -0.496 e. The molecule has 0 fully saturated rings. The number of para-hydroxylation sites is 1. The van der Waals surface area contributed by atoms with Gasteiger partial charge >= 0.3 is 0 Å². The van der Waals surface area contributed by atoms with Crippen LogP contribution in [0.1, 0.15) is 10.4 Å². The van der Waals surface area contributed by atoms with Crippen LogP contribution in [0.5, 0.6) is 5.75 Å². The molecule has 0 spiro atoms. The topological polar surface area (TPSA) is 51.2 Å². The van der Waals surface area contributed by atoms with Gasteiger partial charge in [0.25, 0.3) is 5.91 Å². The second-order valence-corrected chi connectivity index (χ2v) is 8.84.